The number of hydrogen-bond donors (Lipinski definition) is 1. The summed E-state index contributed by atoms with van der Waals surface area (Å²) in [5.74, 6) is 1.73. The molecule has 2 rings (SSSR count). The molecule has 0 spiro atoms. The number of halogens is 1. The van der Waals surface area contributed by atoms with E-state index in [1.165, 1.54) is 32.1 Å². The maximum Gasteiger partial charge on any atom is 0.237 e. The summed E-state index contributed by atoms with van der Waals surface area (Å²) in [5, 5.41) is 3.62. The zero-order valence-electron chi connectivity index (χ0n) is 11.5. The Morgan fingerprint density at radius 2 is 2.16 bits per heavy atom. The van der Waals surface area contributed by atoms with Gasteiger partial charge >= 0.3 is 0 Å². The van der Waals surface area contributed by atoms with Crippen molar-refractivity contribution in [3.05, 3.63) is 11.2 Å². The topological polar surface area (TPSA) is 47.0 Å². The van der Waals surface area contributed by atoms with Crippen molar-refractivity contribution in [2.45, 2.75) is 45.4 Å². The molecule has 0 unspecified atom stereocenters. The van der Waals surface area contributed by atoms with Crippen molar-refractivity contribution in [1.82, 2.24) is 9.97 Å². The van der Waals surface area contributed by atoms with Crippen LogP contribution in [0.1, 0.15) is 45.4 Å². The number of rotatable bonds is 6. The molecule has 1 N–H and O–H groups in total. The lowest BCUT2D eigenvalue weighted by molar-refractivity contribution is 0.203. The molecule has 1 aliphatic rings. The van der Waals surface area contributed by atoms with Gasteiger partial charge in [0.25, 0.3) is 0 Å². The molecule has 19 heavy (non-hydrogen) atoms. The molecule has 0 amide bonds. The van der Waals surface area contributed by atoms with Gasteiger partial charge < -0.3 is 10.1 Å². The highest BCUT2D eigenvalue weighted by molar-refractivity contribution is 6.31. The SMILES string of the molecule is CCCNc1ncc(Cl)c(OCC2CCCCC2)n1. The summed E-state index contributed by atoms with van der Waals surface area (Å²) in [4.78, 5) is 8.45. The molecule has 0 aliphatic heterocycles. The third kappa shape index (κ3) is 4.53. The maximum absolute atomic E-state index is 6.07. The lowest BCUT2D eigenvalue weighted by atomic mass is 9.90. The summed E-state index contributed by atoms with van der Waals surface area (Å²) in [7, 11) is 0. The molecule has 1 aromatic heterocycles. The predicted octanol–water partition coefficient (Wildman–Crippen LogP) is 3.91. The van der Waals surface area contributed by atoms with E-state index < -0.39 is 0 Å². The van der Waals surface area contributed by atoms with Crippen LogP contribution in [0.25, 0.3) is 0 Å². The van der Waals surface area contributed by atoms with Crippen LogP contribution in [0, 0.1) is 5.92 Å². The first-order chi connectivity index (χ1) is 9.29. The van der Waals surface area contributed by atoms with E-state index in [0.29, 0.717) is 29.4 Å². The molecule has 1 heterocycles. The van der Waals surface area contributed by atoms with Crippen molar-refractivity contribution in [3.8, 4) is 5.88 Å². The van der Waals surface area contributed by atoms with Gasteiger partial charge in [0.2, 0.25) is 11.8 Å². The highest BCUT2D eigenvalue weighted by Gasteiger charge is 2.15. The molecule has 0 atom stereocenters. The Morgan fingerprint density at radius 3 is 2.89 bits per heavy atom. The van der Waals surface area contributed by atoms with E-state index in [1.54, 1.807) is 6.20 Å². The van der Waals surface area contributed by atoms with E-state index in [-0.39, 0.29) is 0 Å². The first-order valence-corrected chi connectivity index (χ1v) is 7.56. The second-order valence-corrected chi connectivity index (χ2v) is 5.50. The molecule has 0 radical (unpaired) electrons. The zero-order valence-corrected chi connectivity index (χ0v) is 12.2. The summed E-state index contributed by atoms with van der Waals surface area (Å²) in [6.07, 6.45) is 9.12. The van der Waals surface area contributed by atoms with Gasteiger partial charge in [-0.3, -0.25) is 0 Å². The van der Waals surface area contributed by atoms with Gasteiger partial charge in [-0.25, -0.2) is 4.98 Å². The van der Waals surface area contributed by atoms with Crippen molar-refractivity contribution in [2.24, 2.45) is 5.92 Å². The van der Waals surface area contributed by atoms with Gasteiger partial charge in [-0.15, -0.1) is 0 Å². The molecule has 5 heteroatoms. The Kier molecular flexibility index (Phi) is 5.70. The molecular formula is C14H22ClN3O. The second kappa shape index (κ2) is 7.53. The van der Waals surface area contributed by atoms with Crippen molar-refractivity contribution in [3.63, 3.8) is 0 Å². The van der Waals surface area contributed by atoms with Crippen molar-refractivity contribution < 1.29 is 4.74 Å². The van der Waals surface area contributed by atoms with Gasteiger partial charge in [-0.2, -0.15) is 4.98 Å². The average molecular weight is 284 g/mol. The minimum atomic E-state index is 0.484. The Balaban J connectivity index is 1.90. The third-order valence-corrected chi connectivity index (χ3v) is 3.68. The van der Waals surface area contributed by atoms with Gasteiger partial charge in [0, 0.05) is 6.54 Å². The number of ether oxygens (including phenoxy) is 1. The lowest BCUT2D eigenvalue weighted by Gasteiger charge is -2.21. The molecule has 1 saturated carbocycles. The first kappa shape index (κ1) is 14.4. The Morgan fingerprint density at radius 1 is 1.37 bits per heavy atom. The minimum absolute atomic E-state index is 0.484. The van der Waals surface area contributed by atoms with Crippen LogP contribution >= 0.6 is 11.6 Å². The number of hydrogen-bond acceptors (Lipinski definition) is 4. The summed E-state index contributed by atoms with van der Waals surface area (Å²) < 4.78 is 5.77. The highest BCUT2D eigenvalue weighted by Crippen LogP contribution is 2.27. The van der Waals surface area contributed by atoms with E-state index in [9.17, 15) is 0 Å². The average Bonchev–Trinajstić information content (AvgIpc) is 2.46. The molecular weight excluding hydrogens is 262 g/mol. The summed E-state index contributed by atoms with van der Waals surface area (Å²) in [6, 6.07) is 0. The molecule has 0 saturated heterocycles. The fraction of sp³-hybridized carbons (Fsp3) is 0.714. The second-order valence-electron chi connectivity index (χ2n) is 5.09. The Labute approximate surface area is 119 Å². The van der Waals surface area contributed by atoms with E-state index >= 15 is 0 Å². The van der Waals surface area contributed by atoms with E-state index in [4.69, 9.17) is 16.3 Å². The predicted molar refractivity (Wildman–Crippen MR) is 77.9 cm³/mol. The van der Waals surface area contributed by atoms with Crippen LogP contribution in [0.15, 0.2) is 6.20 Å². The standard InChI is InChI=1S/C14H22ClN3O/c1-2-8-16-14-17-9-12(15)13(18-14)19-10-11-6-4-3-5-7-11/h9,11H,2-8,10H2,1H3,(H,16,17,18). The number of anilines is 1. The van der Waals surface area contributed by atoms with Crippen molar-refractivity contribution in [2.75, 3.05) is 18.5 Å². The van der Waals surface area contributed by atoms with Crippen molar-refractivity contribution >= 4 is 17.5 Å². The van der Waals surface area contributed by atoms with Crippen LogP contribution < -0.4 is 10.1 Å². The van der Waals surface area contributed by atoms with Gasteiger partial charge in [0.1, 0.15) is 5.02 Å². The van der Waals surface area contributed by atoms with Gasteiger partial charge in [0.05, 0.1) is 12.8 Å². The summed E-state index contributed by atoms with van der Waals surface area (Å²) in [6.45, 7) is 3.66. The zero-order chi connectivity index (χ0) is 13.5. The van der Waals surface area contributed by atoms with Crippen LogP contribution in [-0.4, -0.2) is 23.1 Å². The summed E-state index contributed by atoms with van der Waals surface area (Å²) in [5.41, 5.74) is 0. The lowest BCUT2D eigenvalue weighted by Crippen LogP contribution is -2.16. The molecule has 106 valence electrons. The highest BCUT2D eigenvalue weighted by atomic mass is 35.5. The fourth-order valence-electron chi connectivity index (χ4n) is 2.33. The van der Waals surface area contributed by atoms with Crippen molar-refractivity contribution in [1.29, 1.82) is 0 Å². The third-order valence-electron chi connectivity index (χ3n) is 3.43. The number of nitrogens with one attached hydrogen (secondary N) is 1. The Hall–Kier alpha value is -1.03. The van der Waals surface area contributed by atoms with Crippen LogP contribution in [0.5, 0.6) is 5.88 Å². The Bertz CT molecular complexity index is 394. The molecule has 1 aromatic rings. The maximum atomic E-state index is 6.07. The molecule has 1 fully saturated rings. The van der Waals surface area contributed by atoms with Gasteiger partial charge in [0.15, 0.2) is 0 Å². The normalized spacial score (nSPS) is 16.3. The fourth-order valence-corrected chi connectivity index (χ4v) is 2.47. The number of nitrogens with zero attached hydrogens (tertiary/aromatic N) is 2. The van der Waals surface area contributed by atoms with Gasteiger partial charge in [-0.1, -0.05) is 37.8 Å². The minimum Gasteiger partial charge on any atom is -0.476 e. The van der Waals surface area contributed by atoms with Crippen LogP contribution in [0.3, 0.4) is 0 Å². The largest absolute Gasteiger partial charge is 0.476 e. The van der Waals surface area contributed by atoms with E-state index in [2.05, 4.69) is 22.2 Å². The number of aromatic nitrogens is 2. The van der Waals surface area contributed by atoms with E-state index in [0.717, 1.165) is 13.0 Å². The first-order valence-electron chi connectivity index (χ1n) is 7.18. The quantitative estimate of drug-likeness (QED) is 0.860. The molecule has 0 bridgehead atoms. The van der Waals surface area contributed by atoms with Gasteiger partial charge in [-0.05, 0) is 25.2 Å². The van der Waals surface area contributed by atoms with E-state index in [1.807, 2.05) is 0 Å². The molecule has 4 nitrogen and oxygen atoms in total. The molecule has 0 aromatic carbocycles. The van der Waals surface area contributed by atoms with Crippen LogP contribution in [0.4, 0.5) is 5.95 Å². The van der Waals surface area contributed by atoms with Crippen LogP contribution in [0.2, 0.25) is 5.02 Å². The summed E-state index contributed by atoms with van der Waals surface area (Å²) >= 11 is 6.07. The monoisotopic (exact) mass is 283 g/mol. The molecule has 1 aliphatic carbocycles. The van der Waals surface area contributed by atoms with Crippen LogP contribution in [-0.2, 0) is 0 Å². The smallest absolute Gasteiger partial charge is 0.237 e.